The number of thiophene rings is 1. The topological polar surface area (TPSA) is 70.2 Å². The number of benzene rings is 3. The van der Waals surface area contributed by atoms with E-state index in [2.05, 4.69) is 41.1 Å². The molecule has 0 fully saturated rings. The van der Waals surface area contributed by atoms with Crippen LogP contribution in [0.5, 0.6) is 0 Å². The number of hydrogen-bond donors (Lipinski definition) is 1. The van der Waals surface area contributed by atoms with Gasteiger partial charge >= 0.3 is 0 Å². The van der Waals surface area contributed by atoms with Crippen molar-refractivity contribution in [3.8, 4) is 6.07 Å². The number of carbonyl (C=O) groups is 1. The molecule has 2 heterocycles. The number of nitrogens with zero attached hydrogens (tertiary/aromatic N) is 3. The van der Waals surface area contributed by atoms with E-state index in [1.54, 1.807) is 11.3 Å². The molecule has 0 aliphatic heterocycles. The fourth-order valence-corrected chi connectivity index (χ4v) is 6.64. The second-order valence-corrected chi connectivity index (χ2v) is 11.0. The number of nitrogens with one attached hydrogen (secondary N) is 1. The molecule has 39 heavy (non-hydrogen) atoms. The predicted octanol–water partition coefficient (Wildman–Crippen LogP) is 7.81. The number of carbonyl (C=O) groups excluding carboxylic acids is 1. The maximum atomic E-state index is 13.5. The molecule has 1 aliphatic carbocycles. The molecule has 5 aromatic rings. The number of rotatable bonds is 6. The summed E-state index contributed by atoms with van der Waals surface area (Å²) in [5.74, 6) is -0.0901. The van der Waals surface area contributed by atoms with Gasteiger partial charge in [0.2, 0.25) is 0 Å². The Morgan fingerprint density at radius 3 is 2.56 bits per heavy atom. The Morgan fingerprint density at radius 1 is 1.03 bits per heavy atom. The van der Waals surface area contributed by atoms with E-state index in [1.807, 2.05) is 66.9 Å². The maximum absolute atomic E-state index is 13.5. The monoisotopic (exact) mass is 528 g/mol. The molecular weight excluding hydrogens is 500 g/mol. The van der Waals surface area contributed by atoms with Gasteiger partial charge in [0.15, 0.2) is 0 Å². The van der Waals surface area contributed by atoms with Gasteiger partial charge in [0.05, 0.1) is 17.2 Å². The highest BCUT2D eigenvalue weighted by atomic mass is 32.1. The Balaban J connectivity index is 1.38. The van der Waals surface area contributed by atoms with Gasteiger partial charge < -0.3 is 9.88 Å². The molecule has 0 radical (unpaired) electrons. The number of fused-ring (bicyclic) bond motifs is 2. The van der Waals surface area contributed by atoms with Crippen LogP contribution in [0.25, 0.3) is 10.9 Å². The number of aliphatic imine (C=N–C) groups is 1. The van der Waals surface area contributed by atoms with Crippen LogP contribution in [0.1, 0.15) is 56.0 Å². The van der Waals surface area contributed by atoms with Gasteiger partial charge in [-0.3, -0.25) is 4.79 Å². The van der Waals surface area contributed by atoms with Crippen LogP contribution in [0.15, 0.2) is 83.9 Å². The molecule has 1 aliphatic rings. The molecule has 5 nitrogen and oxygen atoms in total. The van der Waals surface area contributed by atoms with Crippen molar-refractivity contribution in [2.45, 2.75) is 39.2 Å². The Morgan fingerprint density at radius 2 is 1.77 bits per heavy atom. The third kappa shape index (κ3) is 4.89. The number of aryl methyl sites for hydroxylation is 1. The minimum atomic E-state index is -0.0901. The molecule has 0 unspecified atom stereocenters. The van der Waals surface area contributed by atoms with E-state index < -0.39 is 0 Å². The highest BCUT2D eigenvalue weighted by Crippen LogP contribution is 2.40. The first-order chi connectivity index (χ1) is 19.1. The van der Waals surface area contributed by atoms with Gasteiger partial charge in [-0.25, -0.2) is 4.99 Å². The number of aromatic nitrogens is 1. The quantitative estimate of drug-likeness (QED) is 0.228. The van der Waals surface area contributed by atoms with Crippen molar-refractivity contribution >= 4 is 45.0 Å². The molecule has 1 amide bonds. The summed E-state index contributed by atoms with van der Waals surface area (Å²) >= 11 is 1.65. The van der Waals surface area contributed by atoms with Crippen LogP contribution in [-0.2, 0) is 19.4 Å². The number of nitriles is 1. The lowest BCUT2D eigenvalue weighted by atomic mass is 9.95. The van der Waals surface area contributed by atoms with Crippen molar-refractivity contribution in [3.63, 3.8) is 0 Å². The molecule has 1 N–H and O–H groups in total. The van der Waals surface area contributed by atoms with Gasteiger partial charge in [-0.05, 0) is 74.1 Å². The minimum absolute atomic E-state index is 0.0901. The molecule has 192 valence electrons. The molecule has 2 aromatic heterocycles. The van der Waals surface area contributed by atoms with Crippen molar-refractivity contribution in [1.29, 1.82) is 5.26 Å². The first-order valence-electron chi connectivity index (χ1n) is 13.2. The van der Waals surface area contributed by atoms with E-state index in [4.69, 9.17) is 10.3 Å². The van der Waals surface area contributed by atoms with Crippen LogP contribution in [0.4, 0.5) is 10.7 Å². The minimum Gasteiger partial charge on any atom is -0.340 e. The first kappa shape index (κ1) is 24.8. The third-order valence-corrected chi connectivity index (χ3v) is 8.63. The molecule has 0 saturated heterocycles. The fourth-order valence-electron chi connectivity index (χ4n) is 5.41. The van der Waals surface area contributed by atoms with E-state index in [1.165, 1.54) is 4.88 Å². The molecule has 3 aromatic carbocycles. The second-order valence-electron chi connectivity index (χ2n) is 9.88. The number of para-hydroxylation sites is 2. The number of anilines is 1. The Bertz CT molecular complexity index is 1740. The van der Waals surface area contributed by atoms with Gasteiger partial charge in [0.1, 0.15) is 5.00 Å². The highest BCUT2D eigenvalue weighted by molar-refractivity contribution is 7.16. The summed E-state index contributed by atoms with van der Waals surface area (Å²) in [6.07, 6.45) is 6.11. The van der Waals surface area contributed by atoms with E-state index in [9.17, 15) is 4.79 Å². The van der Waals surface area contributed by atoms with Gasteiger partial charge in [0.25, 0.3) is 5.91 Å². The Labute approximate surface area is 232 Å². The van der Waals surface area contributed by atoms with E-state index in [0.717, 1.165) is 69.7 Å². The Hall–Kier alpha value is -4.47. The Kier molecular flexibility index (Phi) is 6.83. The lowest BCUT2D eigenvalue weighted by molar-refractivity contribution is 0.102. The summed E-state index contributed by atoms with van der Waals surface area (Å²) in [6, 6.07) is 27.9. The highest BCUT2D eigenvalue weighted by Gasteiger charge is 2.25. The van der Waals surface area contributed by atoms with Crippen LogP contribution < -0.4 is 5.32 Å². The van der Waals surface area contributed by atoms with E-state index in [0.29, 0.717) is 17.7 Å². The number of hydrogen-bond acceptors (Lipinski definition) is 4. The summed E-state index contributed by atoms with van der Waals surface area (Å²) in [4.78, 5) is 19.8. The lowest BCUT2D eigenvalue weighted by Crippen LogP contribution is -2.14. The predicted molar refractivity (Wildman–Crippen MR) is 160 cm³/mol. The largest absolute Gasteiger partial charge is 0.340 e. The average Bonchev–Trinajstić information content (AvgIpc) is 3.47. The third-order valence-electron chi connectivity index (χ3n) is 7.43. The van der Waals surface area contributed by atoms with Crippen LogP contribution in [0.3, 0.4) is 0 Å². The van der Waals surface area contributed by atoms with Gasteiger partial charge in [-0.2, -0.15) is 5.26 Å². The second kappa shape index (κ2) is 10.7. The van der Waals surface area contributed by atoms with Crippen molar-refractivity contribution in [2.24, 2.45) is 4.99 Å². The molecule has 0 spiro atoms. The molecule has 0 saturated carbocycles. The van der Waals surface area contributed by atoms with Crippen molar-refractivity contribution in [3.05, 3.63) is 117 Å². The molecule has 6 rings (SSSR count). The normalized spacial score (nSPS) is 12.9. The summed E-state index contributed by atoms with van der Waals surface area (Å²) in [7, 11) is 0. The number of amides is 1. The zero-order chi connectivity index (χ0) is 26.8. The SMILES string of the molecule is Cc1c(C=Nc2sc3c(c2C(=O)Nc2ccccc2)CCCC3)c2ccccc2n1Cc1ccc(C#N)cc1. The smallest absolute Gasteiger partial charge is 0.259 e. The van der Waals surface area contributed by atoms with Crippen LogP contribution >= 0.6 is 11.3 Å². The fraction of sp³-hybridized carbons (Fsp3) is 0.182. The van der Waals surface area contributed by atoms with Crippen LogP contribution in [0.2, 0.25) is 0 Å². The summed E-state index contributed by atoms with van der Waals surface area (Å²) in [5, 5.41) is 14.1. The standard InChI is InChI=1S/C33H28N4OS/c1-22-28(26-11-5-7-13-29(26)37(22)21-24-17-15-23(19-34)16-18-24)20-35-33-31(27-12-6-8-14-30(27)39-33)32(38)36-25-9-3-2-4-10-25/h2-5,7,9-11,13,15-18,20H,6,8,12,14,21H2,1H3,(H,36,38). The molecule has 0 atom stereocenters. The van der Waals surface area contributed by atoms with Crippen molar-refractivity contribution < 1.29 is 4.79 Å². The van der Waals surface area contributed by atoms with Crippen LogP contribution in [-0.4, -0.2) is 16.7 Å². The summed E-state index contributed by atoms with van der Waals surface area (Å²) in [6.45, 7) is 2.82. The molecule has 6 heteroatoms. The maximum Gasteiger partial charge on any atom is 0.259 e. The molecule has 0 bridgehead atoms. The summed E-state index contributed by atoms with van der Waals surface area (Å²) in [5.41, 5.74) is 7.75. The lowest BCUT2D eigenvalue weighted by Gasteiger charge is -2.12. The zero-order valence-corrected chi connectivity index (χ0v) is 22.6. The van der Waals surface area contributed by atoms with Gasteiger partial charge in [0, 0.05) is 45.5 Å². The van der Waals surface area contributed by atoms with E-state index >= 15 is 0 Å². The zero-order valence-electron chi connectivity index (χ0n) is 21.8. The average molecular weight is 529 g/mol. The van der Waals surface area contributed by atoms with Gasteiger partial charge in [-0.15, -0.1) is 11.3 Å². The van der Waals surface area contributed by atoms with E-state index in [-0.39, 0.29) is 5.91 Å². The first-order valence-corrected chi connectivity index (χ1v) is 14.1. The summed E-state index contributed by atoms with van der Waals surface area (Å²) < 4.78 is 2.29. The van der Waals surface area contributed by atoms with Crippen molar-refractivity contribution in [2.75, 3.05) is 5.32 Å². The van der Waals surface area contributed by atoms with Crippen LogP contribution in [0, 0.1) is 18.3 Å². The van der Waals surface area contributed by atoms with Gasteiger partial charge in [-0.1, -0.05) is 48.5 Å². The van der Waals surface area contributed by atoms with Crippen molar-refractivity contribution in [1.82, 2.24) is 4.57 Å². The molecular formula is C33H28N4OS.